The SMILES string of the molecule is O=C(Cc1cccc2ccccc12)N1CCCCC1CNCCCCNCC1CCCCC1. The summed E-state index contributed by atoms with van der Waals surface area (Å²) in [5.41, 5.74) is 1.15. The summed E-state index contributed by atoms with van der Waals surface area (Å²) in [7, 11) is 0. The minimum absolute atomic E-state index is 0.282. The van der Waals surface area contributed by atoms with Crippen LogP contribution in [0, 0.1) is 5.92 Å². The molecule has 1 heterocycles. The number of likely N-dealkylation sites (tertiary alicyclic amines) is 1. The minimum atomic E-state index is 0.282. The van der Waals surface area contributed by atoms with Crippen molar-refractivity contribution in [3.63, 3.8) is 0 Å². The molecule has 1 aliphatic carbocycles. The maximum absolute atomic E-state index is 13.2. The van der Waals surface area contributed by atoms with Gasteiger partial charge in [-0.05, 0) is 86.8 Å². The van der Waals surface area contributed by atoms with Gasteiger partial charge in [0.25, 0.3) is 0 Å². The molecule has 0 radical (unpaired) electrons. The Balaban J connectivity index is 1.16. The molecule has 1 aliphatic heterocycles. The van der Waals surface area contributed by atoms with Crippen molar-refractivity contribution in [2.24, 2.45) is 5.92 Å². The Morgan fingerprint density at radius 2 is 1.55 bits per heavy atom. The van der Waals surface area contributed by atoms with Gasteiger partial charge < -0.3 is 15.5 Å². The minimum Gasteiger partial charge on any atom is -0.338 e. The van der Waals surface area contributed by atoms with Crippen LogP contribution < -0.4 is 10.6 Å². The molecular weight excluding hydrogens is 406 g/mol. The summed E-state index contributed by atoms with van der Waals surface area (Å²) < 4.78 is 0. The molecule has 1 amide bonds. The van der Waals surface area contributed by atoms with Gasteiger partial charge in [-0.1, -0.05) is 61.7 Å². The highest BCUT2D eigenvalue weighted by Gasteiger charge is 2.26. The second kappa shape index (κ2) is 13.1. The number of hydrogen-bond acceptors (Lipinski definition) is 3. The topological polar surface area (TPSA) is 44.4 Å². The van der Waals surface area contributed by atoms with Crippen molar-refractivity contribution in [2.45, 2.75) is 76.7 Å². The number of fused-ring (bicyclic) bond motifs is 1. The van der Waals surface area contributed by atoms with Gasteiger partial charge in [-0.3, -0.25) is 4.79 Å². The number of rotatable bonds is 11. The molecule has 4 rings (SSSR count). The van der Waals surface area contributed by atoms with E-state index in [1.54, 1.807) is 0 Å². The van der Waals surface area contributed by atoms with E-state index in [0.717, 1.165) is 50.5 Å². The summed E-state index contributed by atoms with van der Waals surface area (Å²) in [6, 6.07) is 15.0. The number of nitrogens with one attached hydrogen (secondary N) is 2. The van der Waals surface area contributed by atoms with Crippen LogP contribution in [0.4, 0.5) is 0 Å². The summed E-state index contributed by atoms with van der Waals surface area (Å²) in [6.07, 6.45) is 13.6. The standard InChI is InChI=1S/C29H43N3O/c33-29(21-26-15-10-14-25-13-4-5-17-28(25)26)32-20-9-6-16-27(32)23-31-19-8-7-18-30-22-24-11-2-1-3-12-24/h4-5,10,13-15,17,24,27,30-31H,1-3,6-9,11-12,16,18-23H2. The van der Waals surface area contributed by atoms with E-state index in [2.05, 4.69) is 58.0 Å². The van der Waals surface area contributed by atoms with Gasteiger partial charge in [0.1, 0.15) is 0 Å². The van der Waals surface area contributed by atoms with E-state index in [4.69, 9.17) is 0 Å². The molecule has 2 N–H and O–H groups in total. The third kappa shape index (κ3) is 7.28. The molecule has 2 aliphatic rings. The first kappa shape index (κ1) is 24.2. The molecule has 1 saturated carbocycles. The number of amides is 1. The van der Waals surface area contributed by atoms with E-state index in [-0.39, 0.29) is 5.91 Å². The number of hydrogen-bond donors (Lipinski definition) is 2. The number of nitrogens with zero attached hydrogens (tertiary/aromatic N) is 1. The van der Waals surface area contributed by atoms with Crippen LogP contribution in [0.2, 0.25) is 0 Å². The largest absolute Gasteiger partial charge is 0.338 e. The average molecular weight is 450 g/mol. The van der Waals surface area contributed by atoms with Crippen LogP contribution >= 0.6 is 0 Å². The first-order valence-electron chi connectivity index (χ1n) is 13.5. The van der Waals surface area contributed by atoms with E-state index < -0.39 is 0 Å². The normalized spacial score (nSPS) is 19.8. The van der Waals surface area contributed by atoms with Gasteiger partial charge in [0.15, 0.2) is 0 Å². The predicted octanol–water partition coefficient (Wildman–Crippen LogP) is 5.30. The lowest BCUT2D eigenvalue weighted by Gasteiger charge is -2.36. The fourth-order valence-corrected chi connectivity index (χ4v) is 5.72. The molecule has 4 nitrogen and oxygen atoms in total. The van der Waals surface area contributed by atoms with E-state index in [0.29, 0.717) is 12.5 Å². The molecule has 1 atom stereocenters. The van der Waals surface area contributed by atoms with Crippen LogP contribution in [0.5, 0.6) is 0 Å². The third-order valence-electron chi connectivity index (χ3n) is 7.66. The van der Waals surface area contributed by atoms with Crippen LogP contribution in [0.1, 0.15) is 69.8 Å². The highest BCUT2D eigenvalue weighted by molar-refractivity contribution is 5.90. The van der Waals surface area contributed by atoms with Crippen molar-refractivity contribution in [3.8, 4) is 0 Å². The number of piperidine rings is 1. The van der Waals surface area contributed by atoms with E-state index in [1.807, 2.05) is 0 Å². The van der Waals surface area contributed by atoms with Crippen molar-refractivity contribution in [2.75, 3.05) is 32.7 Å². The fraction of sp³-hybridized carbons (Fsp3) is 0.621. The van der Waals surface area contributed by atoms with Gasteiger partial charge in [0, 0.05) is 19.1 Å². The molecule has 1 saturated heterocycles. The van der Waals surface area contributed by atoms with Gasteiger partial charge in [-0.25, -0.2) is 0 Å². The van der Waals surface area contributed by atoms with Gasteiger partial charge in [-0.15, -0.1) is 0 Å². The fourth-order valence-electron chi connectivity index (χ4n) is 5.72. The zero-order valence-corrected chi connectivity index (χ0v) is 20.4. The monoisotopic (exact) mass is 449 g/mol. The summed E-state index contributed by atoms with van der Waals surface area (Å²) in [5, 5.41) is 9.75. The van der Waals surface area contributed by atoms with Gasteiger partial charge in [-0.2, -0.15) is 0 Å². The Hall–Kier alpha value is -1.91. The molecule has 0 aromatic heterocycles. The summed E-state index contributed by atoms with van der Waals surface area (Å²) in [5.74, 6) is 1.20. The molecule has 2 aromatic carbocycles. The van der Waals surface area contributed by atoms with Crippen LogP contribution in [-0.4, -0.2) is 49.6 Å². The number of carbonyl (C=O) groups is 1. The van der Waals surface area contributed by atoms with Crippen molar-refractivity contribution < 1.29 is 4.79 Å². The number of benzene rings is 2. The van der Waals surface area contributed by atoms with Crippen molar-refractivity contribution in [3.05, 3.63) is 48.0 Å². The first-order chi connectivity index (χ1) is 16.3. The average Bonchev–Trinajstić information content (AvgIpc) is 2.87. The van der Waals surface area contributed by atoms with Crippen LogP contribution in [0.15, 0.2) is 42.5 Å². The summed E-state index contributed by atoms with van der Waals surface area (Å²) >= 11 is 0. The predicted molar refractivity (Wildman–Crippen MR) is 139 cm³/mol. The summed E-state index contributed by atoms with van der Waals surface area (Å²) in [4.78, 5) is 15.4. The maximum Gasteiger partial charge on any atom is 0.227 e. The van der Waals surface area contributed by atoms with E-state index >= 15 is 0 Å². The highest BCUT2D eigenvalue weighted by atomic mass is 16.2. The van der Waals surface area contributed by atoms with Gasteiger partial charge >= 0.3 is 0 Å². The van der Waals surface area contributed by atoms with Gasteiger partial charge in [0.05, 0.1) is 6.42 Å². The van der Waals surface area contributed by atoms with Crippen LogP contribution in [-0.2, 0) is 11.2 Å². The second-order valence-electron chi connectivity index (χ2n) is 10.2. The zero-order valence-electron chi connectivity index (χ0n) is 20.4. The van der Waals surface area contributed by atoms with E-state index in [1.165, 1.54) is 68.7 Å². The lowest BCUT2D eigenvalue weighted by atomic mass is 9.89. The Morgan fingerprint density at radius 1 is 0.818 bits per heavy atom. The van der Waals surface area contributed by atoms with Crippen molar-refractivity contribution in [1.82, 2.24) is 15.5 Å². The van der Waals surface area contributed by atoms with Gasteiger partial charge in [0.2, 0.25) is 5.91 Å². The number of unbranched alkanes of at least 4 members (excludes halogenated alkanes) is 1. The smallest absolute Gasteiger partial charge is 0.227 e. The van der Waals surface area contributed by atoms with E-state index in [9.17, 15) is 4.79 Å². The third-order valence-corrected chi connectivity index (χ3v) is 7.66. The second-order valence-corrected chi connectivity index (χ2v) is 10.2. The Morgan fingerprint density at radius 3 is 2.39 bits per heavy atom. The molecule has 4 heteroatoms. The molecule has 33 heavy (non-hydrogen) atoms. The van der Waals surface area contributed by atoms with Crippen molar-refractivity contribution >= 4 is 16.7 Å². The molecule has 2 aromatic rings. The molecule has 180 valence electrons. The number of carbonyl (C=O) groups excluding carboxylic acids is 1. The summed E-state index contributed by atoms with van der Waals surface area (Å²) in [6.45, 7) is 5.23. The molecule has 0 bridgehead atoms. The maximum atomic E-state index is 13.2. The molecule has 2 fully saturated rings. The quantitative estimate of drug-likeness (QED) is 0.457. The lowest BCUT2D eigenvalue weighted by Crippen LogP contribution is -2.49. The molecule has 1 unspecified atom stereocenters. The van der Waals surface area contributed by atoms with Crippen LogP contribution in [0.3, 0.4) is 0 Å². The lowest BCUT2D eigenvalue weighted by molar-refractivity contribution is -0.134. The first-order valence-corrected chi connectivity index (χ1v) is 13.5. The van der Waals surface area contributed by atoms with Crippen LogP contribution in [0.25, 0.3) is 10.8 Å². The molecular formula is C29H43N3O. The zero-order chi connectivity index (χ0) is 22.7. The highest BCUT2D eigenvalue weighted by Crippen LogP contribution is 2.23. The Labute approximate surface area is 200 Å². The Bertz CT molecular complexity index is 856. The molecule has 0 spiro atoms. The van der Waals surface area contributed by atoms with Crippen molar-refractivity contribution in [1.29, 1.82) is 0 Å². The Kier molecular flexibility index (Phi) is 9.61.